The lowest BCUT2D eigenvalue weighted by molar-refractivity contribution is -0.111. The van der Waals surface area contributed by atoms with Gasteiger partial charge in [-0.25, -0.2) is 22.0 Å². The average molecular weight is 369 g/mol. The lowest BCUT2D eigenvalue weighted by Crippen LogP contribution is -2.14. The molecule has 0 fully saturated rings. The number of amides is 1. The van der Waals surface area contributed by atoms with Crippen molar-refractivity contribution in [2.45, 2.75) is 26.2 Å². The molecule has 0 aliphatic heterocycles. The average Bonchev–Trinajstić information content (AvgIpc) is 2.60. The Bertz CT molecular complexity index is 838. The molecule has 2 aromatic carbocycles. The van der Waals surface area contributed by atoms with Crippen LogP contribution in [0.1, 0.15) is 31.9 Å². The highest BCUT2D eigenvalue weighted by atomic mass is 19.2. The molecule has 0 aromatic heterocycles. The predicted octanol–water partition coefficient (Wildman–Crippen LogP) is 5.33. The second kappa shape index (κ2) is 7.27. The monoisotopic (exact) mass is 369 g/mol. The maximum atomic E-state index is 13.5. The minimum atomic E-state index is -2.28. The van der Waals surface area contributed by atoms with Crippen molar-refractivity contribution >= 4 is 17.7 Å². The third kappa shape index (κ3) is 4.09. The van der Waals surface area contributed by atoms with E-state index in [-0.39, 0.29) is 5.41 Å². The Labute approximate surface area is 147 Å². The first-order valence-electron chi connectivity index (χ1n) is 7.63. The number of halogens is 5. The molecule has 0 atom stereocenters. The summed E-state index contributed by atoms with van der Waals surface area (Å²) < 4.78 is 66.2. The lowest BCUT2D eigenvalue weighted by Gasteiger charge is -2.18. The van der Waals surface area contributed by atoms with Gasteiger partial charge in [0.15, 0.2) is 23.3 Å². The molecule has 26 heavy (non-hydrogen) atoms. The molecule has 2 aromatic rings. The Morgan fingerprint density at radius 1 is 0.846 bits per heavy atom. The summed E-state index contributed by atoms with van der Waals surface area (Å²) in [6.45, 7) is 6.11. The first-order valence-corrected chi connectivity index (χ1v) is 7.63. The molecule has 0 spiro atoms. The van der Waals surface area contributed by atoms with Crippen LogP contribution >= 0.6 is 0 Å². The molecule has 7 heteroatoms. The molecule has 0 aliphatic carbocycles. The van der Waals surface area contributed by atoms with Gasteiger partial charge in [0.2, 0.25) is 11.7 Å². The first kappa shape index (κ1) is 19.6. The van der Waals surface area contributed by atoms with Crippen molar-refractivity contribution < 1.29 is 26.7 Å². The van der Waals surface area contributed by atoms with Gasteiger partial charge >= 0.3 is 0 Å². The minimum Gasteiger partial charge on any atom is -0.317 e. The number of rotatable bonds is 3. The number of anilines is 1. The van der Waals surface area contributed by atoms with Gasteiger partial charge in [0.25, 0.3) is 0 Å². The van der Waals surface area contributed by atoms with Gasteiger partial charge in [-0.2, -0.15) is 0 Å². The van der Waals surface area contributed by atoms with E-state index in [1.807, 2.05) is 32.9 Å². The van der Waals surface area contributed by atoms with Crippen molar-refractivity contribution in [3.05, 3.63) is 70.6 Å². The molecular formula is C19H16F5NO. The van der Waals surface area contributed by atoms with Gasteiger partial charge in [0.1, 0.15) is 5.69 Å². The summed E-state index contributed by atoms with van der Waals surface area (Å²) in [4.78, 5) is 11.8. The summed E-state index contributed by atoms with van der Waals surface area (Å²) >= 11 is 0. The zero-order valence-corrected chi connectivity index (χ0v) is 14.3. The van der Waals surface area contributed by atoms with Crippen molar-refractivity contribution in [2.24, 2.45) is 0 Å². The van der Waals surface area contributed by atoms with Gasteiger partial charge in [-0.1, -0.05) is 45.0 Å². The maximum Gasteiger partial charge on any atom is 0.248 e. The molecule has 2 rings (SSSR count). The zero-order chi connectivity index (χ0) is 19.6. The highest BCUT2D eigenvalue weighted by molar-refractivity contribution is 6.02. The number of hydrogen-bond acceptors (Lipinski definition) is 1. The summed E-state index contributed by atoms with van der Waals surface area (Å²) in [5.41, 5.74) is 0.260. The van der Waals surface area contributed by atoms with Crippen LogP contribution in [0.5, 0.6) is 0 Å². The van der Waals surface area contributed by atoms with E-state index in [4.69, 9.17) is 0 Å². The molecule has 0 radical (unpaired) electrons. The van der Waals surface area contributed by atoms with Gasteiger partial charge in [0, 0.05) is 6.08 Å². The largest absolute Gasteiger partial charge is 0.317 e. The molecular weight excluding hydrogens is 353 g/mol. The van der Waals surface area contributed by atoms with E-state index in [1.54, 1.807) is 17.4 Å². The smallest absolute Gasteiger partial charge is 0.248 e. The van der Waals surface area contributed by atoms with Crippen molar-refractivity contribution in [3.63, 3.8) is 0 Å². The standard InChI is InChI=1S/C19H16F5NO/c1-19(2,3)11-7-4-10(5-8-11)6-9-12(26)25-18-16(23)14(21)13(20)15(22)17(18)24/h4-9H,1-3H3,(H,25,26)/b9-6+. The van der Waals surface area contributed by atoms with Gasteiger partial charge in [-0.3, -0.25) is 4.79 Å². The SMILES string of the molecule is CC(C)(C)c1ccc(/C=C/C(=O)Nc2c(F)c(F)c(F)c(F)c2F)cc1. The summed E-state index contributed by atoms with van der Waals surface area (Å²) in [6.07, 6.45) is 2.29. The summed E-state index contributed by atoms with van der Waals surface area (Å²) in [6, 6.07) is 7.20. The Hall–Kier alpha value is -2.70. The minimum absolute atomic E-state index is 0.0502. The van der Waals surface area contributed by atoms with Gasteiger partial charge in [0.05, 0.1) is 0 Å². The maximum absolute atomic E-state index is 13.5. The van der Waals surface area contributed by atoms with E-state index >= 15 is 0 Å². The summed E-state index contributed by atoms with van der Waals surface area (Å²) in [7, 11) is 0. The van der Waals surface area contributed by atoms with Crippen LogP contribution in [0.25, 0.3) is 6.08 Å². The van der Waals surface area contributed by atoms with Crippen molar-refractivity contribution in [3.8, 4) is 0 Å². The molecule has 0 bridgehead atoms. The van der Waals surface area contributed by atoms with Crippen LogP contribution in [0.2, 0.25) is 0 Å². The molecule has 2 nitrogen and oxygen atoms in total. The third-order valence-electron chi connectivity index (χ3n) is 3.66. The summed E-state index contributed by atoms with van der Waals surface area (Å²) in [5.74, 6) is -11.8. The van der Waals surface area contributed by atoms with Crippen LogP contribution in [0.4, 0.5) is 27.6 Å². The van der Waals surface area contributed by atoms with Gasteiger partial charge in [-0.15, -0.1) is 0 Å². The quantitative estimate of drug-likeness (QED) is 0.337. The molecule has 138 valence electrons. The van der Waals surface area contributed by atoms with Crippen LogP contribution in [0.15, 0.2) is 30.3 Å². The van der Waals surface area contributed by atoms with Crippen LogP contribution in [0, 0.1) is 29.1 Å². The molecule has 0 saturated heterocycles. The van der Waals surface area contributed by atoms with Crippen LogP contribution in [-0.4, -0.2) is 5.91 Å². The number of carbonyl (C=O) groups excluding carboxylic acids is 1. The van der Waals surface area contributed by atoms with Crippen molar-refractivity contribution in [2.75, 3.05) is 5.32 Å². The molecule has 0 saturated carbocycles. The Morgan fingerprint density at radius 2 is 1.31 bits per heavy atom. The van der Waals surface area contributed by atoms with Gasteiger partial charge < -0.3 is 5.32 Å². The molecule has 1 N–H and O–H groups in total. The molecule has 1 amide bonds. The molecule has 0 unspecified atom stereocenters. The number of carbonyl (C=O) groups is 1. The molecule has 0 aliphatic rings. The van der Waals surface area contributed by atoms with Crippen LogP contribution < -0.4 is 5.32 Å². The fraction of sp³-hybridized carbons (Fsp3) is 0.211. The normalized spacial score (nSPS) is 11.8. The van der Waals surface area contributed by atoms with E-state index < -0.39 is 40.7 Å². The Morgan fingerprint density at radius 3 is 1.77 bits per heavy atom. The van der Waals surface area contributed by atoms with E-state index in [9.17, 15) is 26.7 Å². The second-order valence-corrected chi connectivity index (χ2v) is 6.64. The lowest BCUT2D eigenvalue weighted by atomic mass is 9.87. The highest BCUT2D eigenvalue weighted by Gasteiger charge is 2.26. The van der Waals surface area contributed by atoms with Gasteiger partial charge in [-0.05, 0) is 22.6 Å². The fourth-order valence-electron chi connectivity index (χ4n) is 2.15. The van der Waals surface area contributed by atoms with E-state index in [1.165, 1.54) is 6.08 Å². The number of hydrogen-bond donors (Lipinski definition) is 1. The zero-order valence-electron chi connectivity index (χ0n) is 14.3. The van der Waals surface area contributed by atoms with E-state index in [2.05, 4.69) is 0 Å². The fourth-order valence-corrected chi connectivity index (χ4v) is 2.15. The third-order valence-corrected chi connectivity index (χ3v) is 3.66. The number of benzene rings is 2. The van der Waals surface area contributed by atoms with Crippen molar-refractivity contribution in [1.82, 2.24) is 0 Å². The Kier molecular flexibility index (Phi) is 5.49. The van der Waals surface area contributed by atoms with Crippen LogP contribution in [0.3, 0.4) is 0 Å². The van der Waals surface area contributed by atoms with Crippen molar-refractivity contribution in [1.29, 1.82) is 0 Å². The predicted molar refractivity (Wildman–Crippen MR) is 89.0 cm³/mol. The second-order valence-electron chi connectivity index (χ2n) is 6.64. The van der Waals surface area contributed by atoms with E-state index in [0.717, 1.165) is 11.6 Å². The molecule has 0 heterocycles. The van der Waals surface area contributed by atoms with E-state index in [0.29, 0.717) is 5.56 Å². The Balaban J connectivity index is 2.18. The summed E-state index contributed by atoms with van der Waals surface area (Å²) in [5, 5.41) is 1.67. The number of nitrogens with one attached hydrogen (secondary N) is 1. The highest BCUT2D eigenvalue weighted by Crippen LogP contribution is 2.27. The first-order chi connectivity index (χ1) is 12.0. The van der Waals surface area contributed by atoms with Crippen LogP contribution in [-0.2, 0) is 10.2 Å². The topological polar surface area (TPSA) is 29.1 Å².